The highest BCUT2D eigenvalue weighted by Gasteiger charge is 2.30. The van der Waals surface area contributed by atoms with E-state index in [1.165, 1.54) is 6.20 Å². The summed E-state index contributed by atoms with van der Waals surface area (Å²) in [6, 6.07) is 3.41. The number of alkyl carbamates (subject to hydrolysis) is 1. The number of carbonyl (C=O) groups excluding carboxylic acids is 2. The summed E-state index contributed by atoms with van der Waals surface area (Å²) in [5.74, 6) is 0. The zero-order chi connectivity index (χ0) is 14.7. The Kier molecular flexibility index (Phi) is 4.68. The number of halogens is 1. The number of hydrogen-bond acceptors (Lipinski definition) is 4. The van der Waals surface area contributed by atoms with Gasteiger partial charge in [0.05, 0.1) is 0 Å². The van der Waals surface area contributed by atoms with E-state index in [9.17, 15) is 9.59 Å². The highest BCUT2D eigenvalue weighted by atomic mass is 79.9. The Bertz CT molecular complexity index is 468. The smallest absolute Gasteiger partial charge is 0.408 e. The van der Waals surface area contributed by atoms with Gasteiger partial charge in [-0.3, -0.25) is 0 Å². The van der Waals surface area contributed by atoms with E-state index in [4.69, 9.17) is 4.74 Å². The Morgan fingerprint density at radius 3 is 2.42 bits per heavy atom. The highest BCUT2D eigenvalue weighted by molar-refractivity contribution is 9.10. The Hall–Kier alpha value is -1.43. The second-order valence-electron chi connectivity index (χ2n) is 5.32. The van der Waals surface area contributed by atoms with Gasteiger partial charge >= 0.3 is 6.09 Å². The Morgan fingerprint density at radius 1 is 1.37 bits per heavy atom. The standard InChI is InChI=1S/C13H17BrN2O3/c1-12(2,3)19-11(18)16-13(4,8-17)9-5-6-10(14)15-7-9/h5-8H,1-4H3,(H,16,18). The molecule has 1 N–H and O–H groups in total. The molecule has 1 rings (SSSR count). The summed E-state index contributed by atoms with van der Waals surface area (Å²) >= 11 is 3.21. The van der Waals surface area contributed by atoms with Crippen molar-refractivity contribution in [2.45, 2.75) is 38.8 Å². The van der Waals surface area contributed by atoms with Crippen molar-refractivity contribution in [3.05, 3.63) is 28.5 Å². The molecule has 0 saturated heterocycles. The van der Waals surface area contributed by atoms with Gasteiger partial charge < -0.3 is 14.8 Å². The van der Waals surface area contributed by atoms with Crippen molar-refractivity contribution in [3.8, 4) is 0 Å². The van der Waals surface area contributed by atoms with E-state index in [1.54, 1.807) is 39.8 Å². The average molecular weight is 329 g/mol. The minimum atomic E-state index is -1.17. The molecular formula is C13H17BrN2O3. The van der Waals surface area contributed by atoms with Gasteiger partial charge in [-0.25, -0.2) is 9.78 Å². The zero-order valence-electron chi connectivity index (χ0n) is 11.4. The van der Waals surface area contributed by atoms with Gasteiger partial charge in [-0.05, 0) is 49.7 Å². The second kappa shape index (κ2) is 5.69. The molecule has 0 fully saturated rings. The molecule has 0 aromatic carbocycles. The minimum absolute atomic E-state index is 0.580. The molecule has 0 saturated carbocycles. The number of nitrogens with one attached hydrogen (secondary N) is 1. The Labute approximate surface area is 120 Å². The van der Waals surface area contributed by atoms with Gasteiger partial charge in [-0.15, -0.1) is 0 Å². The molecule has 0 aliphatic heterocycles. The van der Waals surface area contributed by atoms with Crippen LogP contribution in [0.15, 0.2) is 22.9 Å². The molecule has 19 heavy (non-hydrogen) atoms. The van der Waals surface area contributed by atoms with Crippen LogP contribution >= 0.6 is 15.9 Å². The van der Waals surface area contributed by atoms with E-state index in [1.807, 2.05) is 0 Å². The van der Waals surface area contributed by atoms with Gasteiger partial charge in [0.1, 0.15) is 22.0 Å². The summed E-state index contributed by atoms with van der Waals surface area (Å²) in [5, 5.41) is 2.55. The molecule has 1 heterocycles. The monoisotopic (exact) mass is 328 g/mol. The fourth-order valence-corrected chi connectivity index (χ4v) is 1.60. The minimum Gasteiger partial charge on any atom is -0.444 e. The topological polar surface area (TPSA) is 68.3 Å². The number of rotatable bonds is 3. The van der Waals surface area contributed by atoms with Gasteiger partial charge in [-0.2, -0.15) is 0 Å². The van der Waals surface area contributed by atoms with Crippen LogP contribution in [0.25, 0.3) is 0 Å². The number of amides is 1. The fraction of sp³-hybridized carbons (Fsp3) is 0.462. The Balaban J connectivity index is 2.89. The molecule has 0 aliphatic carbocycles. The van der Waals surface area contributed by atoms with Crippen LogP contribution in [-0.4, -0.2) is 23.0 Å². The van der Waals surface area contributed by atoms with Gasteiger partial charge in [0.2, 0.25) is 0 Å². The molecule has 0 bridgehead atoms. The molecule has 6 heteroatoms. The van der Waals surface area contributed by atoms with Crippen molar-refractivity contribution in [2.75, 3.05) is 0 Å². The summed E-state index contributed by atoms with van der Waals surface area (Å²) in [4.78, 5) is 27.1. The summed E-state index contributed by atoms with van der Waals surface area (Å²) < 4.78 is 5.80. The second-order valence-corrected chi connectivity index (χ2v) is 6.13. The maximum Gasteiger partial charge on any atom is 0.408 e. The third-order valence-corrected chi connectivity index (χ3v) is 2.79. The quantitative estimate of drug-likeness (QED) is 0.684. The first kappa shape index (κ1) is 15.6. The molecule has 1 unspecified atom stereocenters. The van der Waals surface area contributed by atoms with E-state index in [0.29, 0.717) is 16.5 Å². The lowest BCUT2D eigenvalue weighted by Crippen LogP contribution is -2.47. The molecule has 0 spiro atoms. The van der Waals surface area contributed by atoms with Gasteiger partial charge in [-0.1, -0.05) is 6.07 Å². The maximum absolute atomic E-state index is 11.8. The predicted octanol–water partition coefficient (Wildman–Crippen LogP) is 2.78. The molecular weight excluding hydrogens is 312 g/mol. The van der Waals surface area contributed by atoms with Crippen molar-refractivity contribution in [1.82, 2.24) is 10.3 Å². The SMILES string of the molecule is CC(C)(C)OC(=O)NC(C)(C=O)c1ccc(Br)nc1. The number of nitrogens with zero attached hydrogens (tertiary/aromatic N) is 1. The lowest BCUT2D eigenvalue weighted by Gasteiger charge is -2.27. The summed E-state index contributed by atoms with van der Waals surface area (Å²) in [5.41, 5.74) is -1.21. The van der Waals surface area contributed by atoms with Crippen molar-refractivity contribution >= 4 is 28.3 Å². The molecule has 5 nitrogen and oxygen atoms in total. The molecule has 1 amide bonds. The number of hydrogen-bond donors (Lipinski definition) is 1. The van der Waals surface area contributed by atoms with E-state index in [-0.39, 0.29) is 0 Å². The van der Waals surface area contributed by atoms with Crippen LogP contribution in [0.2, 0.25) is 0 Å². The third-order valence-electron chi connectivity index (χ3n) is 2.32. The first-order valence-electron chi connectivity index (χ1n) is 5.76. The molecule has 1 atom stereocenters. The zero-order valence-corrected chi connectivity index (χ0v) is 12.9. The van der Waals surface area contributed by atoms with E-state index < -0.39 is 17.2 Å². The van der Waals surface area contributed by atoms with Crippen LogP contribution in [0.4, 0.5) is 4.79 Å². The molecule has 0 radical (unpaired) electrons. The van der Waals surface area contributed by atoms with E-state index in [2.05, 4.69) is 26.2 Å². The maximum atomic E-state index is 11.8. The summed E-state index contributed by atoms with van der Waals surface area (Å²) in [6.07, 6.45) is 1.53. The van der Waals surface area contributed by atoms with Crippen LogP contribution in [0.3, 0.4) is 0 Å². The summed E-state index contributed by atoms with van der Waals surface area (Å²) in [7, 11) is 0. The largest absolute Gasteiger partial charge is 0.444 e. The van der Waals surface area contributed by atoms with Crippen LogP contribution in [0.5, 0.6) is 0 Å². The van der Waals surface area contributed by atoms with Crippen LogP contribution in [0, 0.1) is 0 Å². The van der Waals surface area contributed by atoms with Crippen molar-refractivity contribution in [1.29, 1.82) is 0 Å². The van der Waals surface area contributed by atoms with Crippen LogP contribution in [-0.2, 0) is 15.1 Å². The normalized spacial score (nSPS) is 14.4. The van der Waals surface area contributed by atoms with Gasteiger partial charge in [0.15, 0.2) is 0 Å². The Morgan fingerprint density at radius 2 is 2.00 bits per heavy atom. The number of aldehydes is 1. The highest BCUT2D eigenvalue weighted by Crippen LogP contribution is 2.20. The molecule has 1 aromatic rings. The van der Waals surface area contributed by atoms with Crippen LogP contribution < -0.4 is 5.32 Å². The molecule has 104 valence electrons. The average Bonchev–Trinajstić information content (AvgIpc) is 2.26. The fourth-order valence-electron chi connectivity index (χ4n) is 1.37. The summed E-state index contributed by atoms with van der Waals surface area (Å²) in [6.45, 7) is 6.86. The third kappa shape index (κ3) is 4.63. The van der Waals surface area contributed by atoms with E-state index in [0.717, 1.165) is 0 Å². The first-order valence-corrected chi connectivity index (χ1v) is 6.55. The van der Waals surface area contributed by atoms with E-state index >= 15 is 0 Å². The number of pyridine rings is 1. The first-order chi connectivity index (χ1) is 8.66. The predicted molar refractivity (Wildman–Crippen MR) is 74.7 cm³/mol. The van der Waals surface area contributed by atoms with Crippen molar-refractivity contribution in [2.24, 2.45) is 0 Å². The van der Waals surface area contributed by atoms with Crippen molar-refractivity contribution < 1.29 is 14.3 Å². The lowest BCUT2D eigenvalue weighted by atomic mass is 9.96. The lowest BCUT2D eigenvalue weighted by molar-refractivity contribution is -0.113. The van der Waals surface area contributed by atoms with Crippen molar-refractivity contribution in [3.63, 3.8) is 0 Å². The van der Waals surface area contributed by atoms with Crippen LogP contribution in [0.1, 0.15) is 33.3 Å². The van der Waals surface area contributed by atoms with Gasteiger partial charge in [0, 0.05) is 11.8 Å². The number of aromatic nitrogens is 1. The number of carbonyl (C=O) groups is 2. The molecule has 0 aliphatic rings. The van der Waals surface area contributed by atoms with Gasteiger partial charge in [0.25, 0.3) is 0 Å². The number of ether oxygens (including phenoxy) is 1. The molecule has 1 aromatic heterocycles.